The molecule has 0 spiro atoms. The first kappa shape index (κ1) is 7.94. The standard InChI is InChI=1S/C6H12O4/c7-3-1-4(8)6(10)2-5(3)9/h3-10H,1-2H2/t3-,4+,5+,6-. The van der Waals surface area contributed by atoms with Gasteiger partial charge in [0.1, 0.15) is 0 Å². The summed E-state index contributed by atoms with van der Waals surface area (Å²) in [5.41, 5.74) is 0. The summed E-state index contributed by atoms with van der Waals surface area (Å²) in [6, 6.07) is 0. The molecule has 1 aliphatic rings. The lowest BCUT2D eigenvalue weighted by molar-refractivity contribution is -0.107. The second-order valence-electron chi connectivity index (χ2n) is 2.74. The number of aliphatic hydroxyl groups excluding tert-OH is 4. The highest BCUT2D eigenvalue weighted by atomic mass is 16.4. The van der Waals surface area contributed by atoms with Gasteiger partial charge in [-0.25, -0.2) is 0 Å². The van der Waals surface area contributed by atoms with Crippen LogP contribution in [-0.2, 0) is 0 Å². The highest BCUT2D eigenvalue weighted by Gasteiger charge is 2.32. The Morgan fingerprint density at radius 1 is 0.600 bits per heavy atom. The first-order valence-electron chi connectivity index (χ1n) is 3.33. The van der Waals surface area contributed by atoms with Crippen LogP contribution in [0.1, 0.15) is 12.8 Å². The lowest BCUT2D eigenvalue weighted by Gasteiger charge is -2.30. The van der Waals surface area contributed by atoms with E-state index in [0.717, 1.165) is 0 Å². The fraction of sp³-hybridized carbons (Fsp3) is 1.00. The molecule has 1 rings (SSSR count). The molecular weight excluding hydrogens is 136 g/mol. The van der Waals surface area contributed by atoms with Crippen molar-refractivity contribution in [2.75, 3.05) is 0 Å². The molecule has 10 heavy (non-hydrogen) atoms. The van der Waals surface area contributed by atoms with Gasteiger partial charge in [-0.15, -0.1) is 0 Å². The van der Waals surface area contributed by atoms with Crippen molar-refractivity contribution < 1.29 is 20.4 Å². The van der Waals surface area contributed by atoms with Crippen molar-refractivity contribution in [2.45, 2.75) is 37.3 Å². The molecule has 0 bridgehead atoms. The summed E-state index contributed by atoms with van der Waals surface area (Å²) in [5, 5.41) is 35.8. The fourth-order valence-electron chi connectivity index (χ4n) is 1.12. The molecule has 0 radical (unpaired) electrons. The van der Waals surface area contributed by atoms with Crippen LogP contribution in [0.4, 0.5) is 0 Å². The Kier molecular flexibility index (Phi) is 2.25. The number of aliphatic hydroxyl groups is 4. The highest BCUT2D eigenvalue weighted by molar-refractivity contribution is 4.84. The summed E-state index contributed by atoms with van der Waals surface area (Å²) in [5.74, 6) is 0. The molecule has 0 aromatic carbocycles. The van der Waals surface area contributed by atoms with Gasteiger partial charge in [0, 0.05) is 12.8 Å². The van der Waals surface area contributed by atoms with Gasteiger partial charge in [0.15, 0.2) is 0 Å². The first-order chi connectivity index (χ1) is 4.61. The van der Waals surface area contributed by atoms with Crippen molar-refractivity contribution in [3.63, 3.8) is 0 Å². The third-order valence-electron chi connectivity index (χ3n) is 1.85. The van der Waals surface area contributed by atoms with E-state index in [9.17, 15) is 0 Å². The van der Waals surface area contributed by atoms with E-state index in [-0.39, 0.29) is 12.8 Å². The molecule has 4 heteroatoms. The minimum Gasteiger partial charge on any atom is -0.390 e. The van der Waals surface area contributed by atoms with Crippen LogP contribution in [0.3, 0.4) is 0 Å². The van der Waals surface area contributed by atoms with Crippen LogP contribution in [0.25, 0.3) is 0 Å². The molecule has 4 N–H and O–H groups in total. The third kappa shape index (κ3) is 1.46. The third-order valence-corrected chi connectivity index (χ3v) is 1.85. The SMILES string of the molecule is O[C@@H]1C[C@H](O)[C@H](O)C[C@@H]1O. The molecular formula is C6H12O4. The molecule has 0 aliphatic heterocycles. The lowest BCUT2D eigenvalue weighted by atomic mass is 9.90. The summed E-state index contributed by atoms with van der Waals surface area (Å²) in [4.78, 5) is 0. The molecule has 1 aliphatic carbocycles. The van der Waals surface area contributed by atoms with E-state index >= 15 is 0 Å². The second-order valence-corrected chi connectivity index (χ2v) is 2.74. The van der Waals surface area contributed by atoms with Gasteiger partial charge in [-0.3, -0.25) is 0 Å². The summed E-state index contributed by atoms with van der Waals surface area (Å²) >= 11 is 0. The topological polar surface area (TPSA) is 80.9 Å². The summed E-state index contributed by atoms with van der Waals surface area (Å²) in [6.45, 7) is 0. The molecule has 60 valence electrons. The molecule has 0 heterocycles. The quantitative estimate of drug-likeness (QED) is 0.327. The molecule has 0 saturated heterocycles. The van der Waals surface area contributed by atoms with Gasteiger partial charge in [0.2, 0.25) is 0 Å². The van der Waals surface area contributed by atoms with Gasteiger partial charge in [0.05, 0.1) is 24.4 Å². The van der Waals surface area contributed by atoms with Crippen molar-refractivity contribution in [3.05, 3.63) is 0 Å². The average Bonchev–Trinajstić information content (AvgIpc) is 1.84. The number of hydrogen-bond donors (Lipinski definition) is 4. The smallest absolute Gasteiger partial charge is 0.0825 e. The van der Waals surface area contributed by atoms with Crippen molar-refractivity contribution in [3.8, 4) is 0 Å². The van der Waals surface area contributed by atoms with E-state index in [0.29, 0.717) is 0 Å². The lowest BCUT2D eigenvalue weighted by Crippen LogP contribution is -2.44. The van der Waals surface area contributed by atoms with E-state index in [1.807, 2.05) is 0 Å². The Bertz CT molecular complexity index is 90.3. The normalized spacial score (nSPS) is 49.2. The van der Waals surface area contributed by atoms with E-state index in [4.69, 9.17) is 20.4 Å². The van der Waals surface area contributed by atoms with E-state index in [2.05, 4.69) is 0 Å². The zero-order valence-electron chi connectivity index (χ0n) is 5.51. The summed E-state index contributed by atoms with van der Waals surface area (Å²) in [7, 11) is 0. The maximum Gasteiger partial charge on any atom is 0.0825 e. The second kappa shape index (κ2) is 2.84. The molecule has 1 saturated carbocycles. The maximum absolute atomic E-state index is 8.94. The van der Waals surface area contributed by atoms with Crippen LogP contribution in [0.2, 0.25) is 0 Å². The monoisotopic (exact) mass is 148 g/mol. The fourth-order valence-corrected chi connectivity index (χ4v) is 1.12. The Hall–Kier alpha value is -0.160. The van der Waals surface area contributed by atoms with Crippen molar-refractivity contribution >= 4 is 0 Å². The van der Waals surface area contributed by atoms with Gasteiger partial charge in [0.25, 0.3) is 0 Å². The molecule has 0 amide bonds. The Morgan fingerprint density at radius 2 is 0.800 bits per heavy atom. The van der Waals surface area contributed by atoms with Crippen LogP contribution >= 0.6 is 0 Å². The summed E-state index contributed by atoms with van der Waals surface area (Å²) in [6.07, 6.45) is -3.45. The average molecular weight is 148 g/mol. The van der Waals surface area contributed by atoms with E-state index in [1.165, 1.54) is 0 Å². The predicted octanol–water partition coefficient (Wildman–Crippen LogP) is -1.78. The first-order valence-corrected chi connectivity index (χ1v) is 3.33. The molecule has 0 unspecified atom stereocenters. The van der Waals surface area contributed by atoms with Crippen LogP contribution in [-0.4, -0.2) is 44.8 Å². The van der Waals surface area contributed by atoms with Gasteiger partial charge in [-0.05, 0) is 0 Å². The molecule has 0 aromatic rings. The van der Waals surface area contributed by atoms with Crippen LogP contribution in [0.15, 0.2) is 0 Å². The van der Waals surface area contributed by atoms with Crippen LogP contribution < -0.4 is 0 Å². The van der Waals surface area contributed by atoms with Gasteiger partial charge >= 0.3 is 0 Å². The molecule has 0 aromatic heterocycles. The highest BCUT2D eigenvalue weighted by Crippen LogP contribution is 2.19. The van der Waals surface area contributed by atoms with Gasteiger partial charge in [-0.2, -0.15) is 0 Å². The molecule has 1 fully saturated rings. The maximum atomic E-state index is 8.94. The van der Waals surface area contributed by atoms with Gasteiger partial charge in [-0.1, -0.05) is 0 Å². The van der Waals surface area contributed by atoms with Crippen LogP contribution in [0, 0.1) is 0 Å². The number of rotatable bonds is 0. The minimum absolute atomic E-state index is 0.0579. The van der Waals surface area contributed by atoms with Crippen LogP contribution in [0.5, 0.6) is 0 Å². The predicted molar refractivity (Wildman–Crippen MR) is 33.3 cm³/mol. The molecule has 4 atom stereocenters. The van der Waals surface area contributed by atoms with E-state index < -0.39 is 24.4 Å². The van der Waals surface area contributed by atoms with Crippen molar-refractivity contribution in [1.82, 2.24) is 0 Å². The van der Waals surface area contributed by atoms with E-state index in [1.54, 1.807) is 0 Å². The largest absolute Gasteiger partial charge is 0.390 e. The zero-order valence-corrected chi connectivity index (χ0v) is 5.51. The van der Waals surface area contributed by atoms with Crippen molar-refractivity contribution in [2.24, 2.45) is 0 Å². The van der Waals surface area contributed by atoms with Crippen molar-refractivity contribution in [1.29, 1.82) is 0 Å². The Balaban J connectivity index is 2.46. The van der Waals surface area contributed by atoms with Gasteiger partial charge < -0.3 is 20.4 Å². The summed E-state index contributed by atoms with van der Waals surface area (Å²) < 4.78 is 0. The Labute approximate surface area is 58.7 Å². The Morgan fingerprint density at radius 3 is 1.00 bits per heavy atom. The zero-order chi connectivity index (χ0) is 7.72. The number of hydrogen-bond acceptors (Lipinski definition) is 4. The molecule has 4 nitrogen and oxygen atoms in total. The minimum atomic E-state index is -0.890.